The summed E-state index contributed by atoms with van der Waals surface area (Å²) >= 11 is 7.48. The van der Waals surface area contributed by atoms with Crippen molar-refractivity contribution in [1.29, 1.82) is 0 Å². The minimum atomic E-state index is -0.559. The highest BCUT2D eigenvalue weighted by Gasteiger charge is 2.18. The summed E-state index contributed by atoms with van der Waals surface area (Å²) in [5.74, 6) is -0.159. The van der Waals surface area contributed by atoms with E-state index in [2.05, 4.69) is 22.4 Å². The van der Waals surface area contributed by atoms with Crippen molar-refractivity contribution in [2.45, 2.75) is 26.7 Å². The summed E-state index contributed by atoms with van der Waals surface area (Å²) in [6, 6.07) is 1.84. The zero-order valence-corrected chi connectivity index (χ0v) is 15.0. The molecule has 3 rings (SSSR count). The average Bonchev–Trinajstić information content (AvgIpc) is 3.06. The summed E-state index contributed by atoms with van der Waals surface area (Å²) < 4.78 is 2.57. The van der Waals surface area contributed by atoms with Gasteiger partial charge in [-0.2, -0.15) is 5.10 Å². The smallest absolute Gasteiger partial charge is 0.273 e. The van der Waals surface area contributed by atoms with E-state index in [0.29, 0.717) is 16.0 Å². The maximum atomic E-state index is 12.7. The van der Waals surface area contributed by atoms with Gasteiger partial charge >= 0.3 is 0 Å². The maximum absolute atomic E-state index is 12.7. The third kappa shape index (κ3) is 2.94. The summed E-state index contributed by atoms with van der Waals surface area (Å²) in [6.07, 6.45) is 3.41. The Balaban J connectivity index is 2.01. The van der Waals surface area contributed by atoms with Gasteiger partial charge in [0.15, 0.2) is 5.69 Å². The first kappa shape index (κ1) is 16.7. The molecule has 0 saturated heterocycles. The Morgan fingerprint density at radius 2 is 2.21 bits per heavy atom. The number of halogens is 1. The van der Waals surface area contributed by atoms with E-state index >= 15 is 0 Å². The van der Waals surface area contributed by atoms with E-state index in [0.717, 1.165) is 22.4 Å². The van der Waals surface area contributed by atoms with Crippen molar-refractivity contribution in [3.05, 3.63) is 44.0 Å². The first-order chi connectivity index (χ1) is 11.4. The van der Waals surface area contributed by atoms with Crippen molar-refractivity contribution in [1.82, 2.24) is 19.4 Å². The van der Waals surface area contributed by atoms with Crippen molar-refractivity contribution in [3.8, 4) is 0 Å². The number of carbonyl (C=O) groups excluding carboxylic acids is 1. The van der Waals surface area contributed by atoms with E-state index in [-0.39, 0.29) is 16.3 Å². The average molecular weight is 366 g/mol. The summed E-state index contributed by atoms with van der Waals surface area (Å²) in [7, 11) is 1.66. The lowest BCUT2D eigenvalue weighted by Crippen LogP contribution is -2.35. The number of thiophene rings is 1. The molecule has 0 aliphatic rings. The van der Waals surface area contributed by atoms with E-state index in [1.807, 2.05) is 6.07 Å². The van der Waals surface area contributed by atoms with E-state index < -0.39 is 5.91 Å². The second-order valence-electron chi connectivity index (χ2n) is 5.42. The molecule has 1 N–H and O–H groups in total. The number of nitrogens with one attached hydrogen (secondary N) is 1. The van der Waals surface area contributed by atoms with E-state index in [1.54, 1.807) is 14.0 Å². The van der Waals surface area contributed by atoms with E-state index in [9.17, 15) is 9.59 Å². The van der Waals surface area contributed by atoms with Gasteiger partial charge in [0.2, 0.25) is 0 Å². The molecule has 7 nitrogen and oxygen atoms in total. The number of hydrogen-bond acceptors (Lipinski definition) is 5. The molecule has 126 valence electrons. The number of amides is 1. The Kier molecular flexibility index (Phi) is 4.42. The molecule has 3 aromatic rings. The molecule has 0 bridgehead atoms. The van der Waals surface area contributed by atoms with Crippen LogP contribution >= 0.6 is 22.9 Å². The second kappa shape index (κ2) is 6.37. The van der Waals surface area contributed by atoms with E-state index in [4.69, 9.17) is 11.6 Å². The summed E-state index contributed by atoms with van der Waals surface area (Å²) in [6.45, 7) is 3.75. The Labute approximate surface area is 146 Å². The van der Waals surface area contributed by atoms with Gasteiger partial charge in [-0.3, -0.25) is 19.7 Å². The molecule has 0 aromatic carbocycles. The molecule has 1 amide bonds. The predicted octanol–water partition coefficient (Wildman–Crippen LogP) is 2.49. The van der Waals surface area contributed by atoms with Crippen LogP contribution in [-0.4, -0.2) is 25.3 Å². The van der Waals surface area contributed by atoms with Crippen LogP contribution in [0.4, 0.5) is 0 Å². The molecular weight excluding hydrogens is 350 g/mol. The monoisotopic (exact) mass is 365 g/mol. The van der Waals surface area contributed by atoms with Gasteiger partial charge in [0.1, 0.15) is 10.7 Å². The number of aromatic nitrogens is 4. The van der Waals surface area contributed by atoms with Crippen LogP contribution in [0.5, 0.6) is 0 Å². The largest absolute Gasteiger partial charge is 0.292 e. The first-order valence-electron chi connectivity index (χ1n) is 7.43. The van der Waals surface area contributed by atoms with Gasteiger partial charge in [0.25, 0.3) is 11.5 Å². The molecule has 9 heteroatoms. The van der Waals surface area contributed by atoms with Gasteiger partial charge in [-0.15, -0.1) is 11.3 Å². The Hall–Kier alpha value is -2.19. The summed E-state index contributed by atoms with van der Waals surface area (Å²) in [4.78, 5) is 31.2. The molecule has 0 fully saturated rings. The van der Waals surface area contributed by atoms with Crippen LogP contribution in [-0.2, 0) is 13.5 Å². The van der Waals surface area contributed by atoms with Crippen molar-refractivity contribution in [2.24, 2.45) is 7.05 Å². The van der Waals surface area contributed by atoms with Crippen LogP contribution in [0.1, 0.15) is 34.5 Å². The second-order valence-corrected chi connectivity index (χ2v) is 6.94. The molecular formula is C15H16ClN5O2S. The SMILES string of the molecule is CCCc1cc2c(=O)n(NC(=O)c3nn(C)cc3Cl)c(C)nc2s1. The van der Waals surface area contributed by atoms with Crippen LogP contribution in [0, 0.1) is 6.92 Å². The number of nitrogens with zero attached hydrogens (tertiary/aromatic N) is 4. The summed E-state index contributed by atoms with van der Waals surface area (Å²) in [5.41, 5.74) is 2.28. The lowest BCUT2D eigenvalue weighted by atomic mass is 10.2. The molecule has 24 heavy (non-hydrogen) atoms. The van der Waals surface area contributed by atoms with Crippen LogP contribution in [0.3, 0.4) is 0 Å². The lowest BCUT2D eigenvalue weighted by Gasteiger charge is -2.09. The normalized spacial score (nSPS) is 11.2. The molecule has 0 unspecified atom stereocenters. The predicted molar refractivity (Wildman–Crippen MR) is 94.5 cm³/mol. The third-order valence-electron chi connectivity index (χ3n) is 3.49. The highest BCUT2D eigenvalue weighted by atomic mass is 35.5. The number of carbonyl (C=O) groups is 1. The van der Waals surface area contributed by atoms with Crippen molar-refractivity contribution >= 4 is 39.1 Å². The zero-order valence-electron chi connectivity index (χ0n) is 13.5. The lowest BCUT2D eigenvalue weighted by molar-refractivity contribution is 0.100. The van der Waals surface area contributed by atoms with Gasteiger partial charge < -0.3 is 0 Å². The van der Waals surface area contributed by atoms with Crippen molar-refractivity contribution in [3.63, 3.8) is 0 Å². The quantitative estimate of drug-likeness (QED) is 0.770. The van der Waals surface area contributed by atoms with Crippen LogP contribution in [0.15, 0.2) is 17.1 Å². The maximum Gasteiger partial charge on any atom is 0.292 e. The van der Waals surface area contributed by atoms with Crippen LogP contribution in [0.25, 0.3) is 10.2 Å². The van der Waals surface area contributed by atoms with Crippen molar-refractivity contribution < 1.29 is 4.79 Å². The van der Waals surface area contributed by atoms with Gasteiger partial charge in [-0.1, -0.05) is 24.9 Å². The molecule has 0 saturated carbocycles. The molecule has 3 aromatic heterocycles. The Morgan fingerprint density at radius 3 is 2.83 bits per heavy atom. The standard InChI is InChI=1S/C15H16ClN5O2S/c1-4-5-9-6-10-14(24-9)17-8(2)21(15(10)23)19-13(22)12-11(16)7-20(3)18-12/h6-7H,4-5H2,1-3H3,(H,19,22). The first-order valence-corrected chi connectivity index (χ1v) is 8.62. The number of aryl methyl sites for hydroxylation is 3. The molecule has 0 radical (unpaired) electrons. The molecule has 0 aliphatic heterocycles. The van der Waals surface area contributed by atoms with Gasteiger partial charge in [0.05, 0.1) is 10.4 Å². The molecule has 3 heterocycles. The van der Waals surface area contributed by atoms with Crippen LogP contribution < -0.4 is 11.0 Å². The molecule has 0 spiro atoms. The zero-order chi connectivity index (χ0) is 17.4. The van der Waals surface area contributed by atoms with Gasteiger partial charge in [-0.05, 0) is 19.4 Å². The van der Waals surface area contributed by atoms with Gasteiger partial charge in [0, 0.05) is 18.1 Å². The number of hydrogen-bond donors (Lipinski definition) is 1. The number of fused-ring (bicyclic) bond motifs is 1. The topological polar surface area (TPSA) is 81.8 Å². The minimum Gasteiger partial charge on any atom is -0.273 e. The Bertz CT molecular complexity index is 988. The number of rotatable bonds is 4. The van der Waals surface area contributed by atoms with E-state index in [1.165, 1.54) is 22.2 Å². The fraction of sp³-hybridized carbons (Fsp3) is 0.333. The minimum absolute atomic E-state index is 0.0579. The molecule has 0 aliphatic carbocycles. The third-order valence-corrected chi connectivity index (χ3v) is 4.86. The van der Waals surface area contributed by atoms with Crippen molar-refractivity contribution in [2.75, 3.05) is 5.43 Å². The fourth-order valence-electron chi connectivity index (χ4n) is 2.40. The highest BCUT2D eigenvalue weighted by molar-refractivity contribution is 7.18. The van der Waals surface area contributed by atoms with Gasteiger partial charge in [-0.25, -0.2) is 9.66 Å². The highest BCUT2D eigenvalue weighted by Crippen LogP contribution is 2.22. The fourth-order valence-corrected chi connectivity index (χ4v) is 3.83. The molecule has 0 atom stereocenters. The van der Waals surface area contributed by atoms with Crippen LogP contribution in [0.2, 0.25) is 5.02 Å². The Morgan fingerprint density at radius 1 is 1.46 bits per heavy atom. The summed E-state index contributed by atoms with van der Waals surface area (Å²) in [5, 5.41) is 4.71.